The summed E-state index contributed by atoms with van der Waals surface area (Å²) >= 11 is 0. The lowest BCUT2D eigenvalue weighted by Crippen LogP contribution is -2.11. The van der Waals surface area contributed by atoms with Crippen molar-refractivity contribution in [2.75, 3.05) is 13.2 Å². The lowest BCUT2D eigenvalue weighted by Gasteiger charge is -2.10. The molecule has 0 saturated carbocycles. The molecule has 2 N–H and O–H groups in total. The predicted molar refractivity (Wildman–Crippen MR) is 57.4 cm³/mol. The first-order valence-electron chi connectivity index (χ1n) is 5.26. The maximum Gasteiger partial charge on any atom is 0.263 e. The molecule has 0 heterocycles. The van der Waals surface area contributed by atoms with E-state index in [4.69, 9.17) is 10.2 Å². The number of alkyl halides is 2. The third-order valence-corrected chi connectivity index (χ3v) is 2.56. The van der Waals surface area contributed by atoms with E-state index in [0.29, 0.717) is 12.8 Å². The number of benzene rings is 1. The number of halogens is 2. The molecular weight excluding hydrogens is 214 g/mol. The Morgan fingerprint density at radius 3 is 2.38 bits per heavy atom. The van der Waals surface area contributed by atoms with Crippen LogP contribution in [0.3, 0.4) is 0 Å². The van der Waals surface area contributed by atoms with Crippen LogP contribution in [-0.4, -0.2) is 23.4 Å². The highest BCUT2D eigenvalue weighted by atomic mass is 19.3. The Balaban J connectivity index is 2.56. The van der Waals surface area contributed by atoms with Crippen LogP contribution in [-0.2, 0) is 6.42 Å². The zero-order valence-electron chi connectivity index (χ0n) is 8.94. The molecule has 0 aromatic heterocycles. The van der Waals surface area contributed by atoms with Gasteiger partial charge in [-0.25, -0.2) is 8.78 Å². The monoisotopic (exact) mass is 230 g/mol. The number of hydrogen-bond donors (Lipinski definition) is 2. The Morgan fingerprint density at radius 1 is 1.12 bits per heavy atom. The minimum atomic E-state index is -2.45. The summed E-state index contributed by atoms with van der Waals surface area (Å²) in [5.41, 5.74) is 0.826. The van der Waals surface area contributed by atoms with Gasteiger partial charge < -0.3 is 10.2 Å². The van der Waals surface area contributed by atoms with Crippen molar-refractivity contribution in [1.29, 1.82) is 0 Å². The van der Waals surface area contributed by atoms with Gasteiger partial charge in [0.25, 0.3) is 6.43 Å². The fraction of sp³-hybridized carbons (Fsp3) is 0.500. The molecule has 0 bridgehead atoms. The summed E-state index contributed by atoms with van der Waals surface area (Å²) in [6.45, 7) is -0.157. The van der Waals surface area contributed by atoms with E-state index in [9.17, 15) is 8.78 Å². The van der Waals surface area contributed by atoms with Crippen LogP contribution in [0.25, 0.3) is 0 Å². The molecule has 90 valence electrons. The van der Waals surface area contributed by atoms with Crippen molar-refractivity contribution in [1.82, 2.24) is 0 Å². The molecule has 0 radical (unpaired) electrons. The van der Waals surface area contributed by atoms with E-state index >= 15 is 0 Å². The average Bonchev–Trinajstić information content (AvgIpc) is 2.31. The molecule has 1 aromatic carbocycles. The van der Waals surface area contributed by atoms with Crippen LogP contribution < -0.4 is 0 Å². The fourth-order valence-electron chi connectivity index (χ4n) is 1.50. The van der Waals surface area contributed by atoms with Crippen molar-refractivity contribution in [3.05, 3.63) is 35.4 Å². The number of hydrogen-bond acceptors (Lipinski definition) is 2. The van der Waals surface area contributed by atoms with E-state index in [1.807, 2.05) is 0 Å². The van der Waals surface area contributed by atoms with Gasteiger partial charge in [-0.2, -0.15) is 0 Å². The molecular formula is C12H16F2O2. The number of aliphatic hydroxyl groups excluding tert-OH is 2. The molecule has 0 amide bonds. The van der Waals surface area contributed by atoms with Crippen LogP contribution in [0.4, 0.5) is 8.78 Å². The van der Waals surface area contributed by atoms with Crippen LogP contribution in [0.2, 0.25) is 0 Å². The Morgan fingerprint density at radius 2 is 1.81 bits per heavy atom. The smallest absolute Gasteiger partial charge is 0.263 e. The SMILES string of the molecule is OCC(CO)CCc1cccc(C(F)F)c1. The second kappa shape index (κ2) is 6.55. The Bertz CT molecular complexity index is 312. The summed E-state index contributed by atoms with van der Waals surface area (Å²) in [6, 6.07) is 6.24. The molecule has 0 aliphatic carbocycles. The summed E-state index contributed by atoms with van der Waals surface area (Å²) in [7, 11) is 0. The van der Waals surface area contributed by atoms with E-state index in [2.05, 4.69) is 0 Å². The van der Waals surface area contributed by atoms with E-state index in [-0.39, 0.29) is 24.7 Å². The third kappa shape index (κ3) is 3.87. The molecule has 0 saturated heterocycles. The first-order valence-corrected chi connectivity index (χ1v) is 5.26. The highest BCUT2D eigenvalue weighted by molar-refractivity contribution is 5.24. The van der Waals surface area contributed by atoms with Gasteiger partial charge in [0.1, 0.15) is 0 Å². The Kier molecular flexibility index (Phi) is 5.35. The van der Waals surface area contributed by atoms with Crippen molar-refractivity contribution in [3.8, 4) is 0 Å². The third-order valence-electron chi connectivity index (χ3n) is 2.56. The average molecular weight is 230 g/mol. The first kappa shape index (κ1) is 13.1. The minimum Gasteiger partial charge on any atom is -0.396 e. The van der Waals surface area contributed by atoms with Crippen molar-refractivity contribution in [3.63, 3.8) is 0 Å². The van der Waals surface area contributed by atoms with Crippen LogP contribution in [0.15, 0.2) is 24.3 Å². The maximum atomic E-state index is 12.4. The molecule has 0 fully saturated rings. The van der Waals surface area contributed by atoms with Crippen molar-refractivity contribution in [2.24, 2.45) is 5.92 Å². The molecule has 0 aliphatic heterocycles. The van der Waals surface area contributed by atoms with Crippen LogP contribution in [0.5, 0.6) is 0 Å². The molecule has 4 heteroatoms. The van der Waals surface area contributed by atoms with Gasteiger partial charge in [0.15, 0.2) is 0 Å². The largest absolute Gasteiger partial charge is 0.396 e. The lowest BCUT2D eigenvalue weighted by atomic mass is 10.00. The van der Waals surface area contributed by atoms with Gasteiger partial charge in [0.2, 0.25) is 0 Å². The first-order chi connectivity index (χ1) is 7.67. The van der Waals surface area contributed by atoms with Crippen LogP contribution in [0.1, 0.15) is 24.0 Å². The summed E-state index contributed by atoms with van der Waals surface area (Å²) < 4.78 is 24.8. The standard InChI is InChI=1S/C12H16F2O2/c13-12(14)11-3-1-2-9(6-11)4-5-10(7-15)8-16/h1-3,6,10,12,15-16H,4-5,7-8H2. The lowest BCUT2D eigenvalue weighted by molar-refractivity contribution is 0.143. The summed E-state index contributed by atoms with van der Waals surface area (Å²) in [5, 5.41) is 17.7. The van der Waals surface area contributed by atoms with E-state index in [1.165, 1.54) is 12.1 Å². The van der Waals surface area contributed by atoms with Gasteiger partial charge in [0, 0.05) is 24.7 Å². The van der Waals surface area contributed by atoms with Gasteiger partial charge in [-0.15, -0.1) is 0 Å². The van der Waals surface area contributed by atoms with Crippen molar-refractivity contribution >= 4 is 0 Å². The highest BCUT2D eigenvalue weighted by Gasteiger charge is 2.09. The number of aryl methyl sites for hydroxylation is 1. The molecule has 0 unspecified atom stereocenters. The van der Waals surface area contributed by atoms with Crippen molar-refractivity contribution in [2.45, 2.75) is 19.3 Å². The molecule has 16 heavy (non-hydrogen) atoms. The Labute approximate surface area is 93.5 Å². The fourth-order valence-corrected chi connectivity index (χ4v) is 1.50. The number of aliphatic hydroxyl groups is 2. The molecule has 1 aromatic rings. The maximum absolute atomic E-state index is 12.4. The molecule has 0 atom stereocenters. The highest BCUT2D eigenvalue weighted by Crippen LogP contribution is 2.20. The molecule has 2 nitrogen and oxygen atoms in total. The van der Waals surface area contributed by atoms with Crippen LogP contribution in [0, 0.1) is 5.92 Å². The van der Waals surface area contributed by atoms with Gasteiger partial charge in [-0.05, 0) is 18.4 Å². The van der Waals surface area contributed by atoms with E-state index in [1.54, 1.807) is 12.1 Å². The van der Waals surface area contributed by atoms with Gasteiger partial charge in [-0.1, -0.05) is 24.3 Å². The van der Waals surface area contributed by atoms with Crippen LogP contribution >= 0.6 is 0 Å². The topological polar surface area (TPSA) is 40.5 Å². The van der Waals surface area contributed by atoms with Gasteiger partial charge in [0.05, 0.1) is 0 Å². The summed E-state index contributed by atoms with van der Waals surface area (Å²) in [4.78, 5) is 0. The van der Waals surface area contributed by atoms with Gasteiger partial charge in [-0.3, -0.25) is 0 Å². The van der Waals surface area contributed by atoms with Gasteiger partial charge >= 0.3 is 0 Å². The van der Waals surface area contributed by atoms with E-state index < -0.39 is 6.43 Å². The summed E-state index contributed by atoms with van der Waals surface area (Å²) in [5.74, 6) is -0.171. The second-order valence-corrected chi connectivity index (χ2v) is 3.82. The normalized spacial score (nSPS) is 11.4. The summed E-state index contributed by atoms with van der Waals surface area (Å²) in [6.07, 6.45) is -1.27. The van der Waals surface area contributed by atoms with Crippen molar-refractivity contribution < 1.29 is 19.0 Å². The second-order valence-electron chi connectivity index (χ2n) is 3.82. The Hall–Kier alpha value is -1.00. The van der Waals surface area contributed by atoms with E-state index in [0.717, 1.165) is 5.56 Å². The number of rotatable bonds is 6. The molecule has 0 aliphatic rings. The molecule has 1 rings (SSSR count). The predicted octanol–water partition coefficient (Wildman–Crippen LogP) is 2.16. The quantitative estimate of drug-likeness (QED) is 0.786. The zero-order valence-corrected chi connectivity index (χ0v) is 8.94. The minimum absolute atomic E-state index is 0.0158. The zero-order chi connectivity index (χ0) is 12.0. The molecule has 0 spiro atoms.